The summed E-state index contributed by atoms with van der Waals surface area (Å²) in [4.78, 5) is 43.6. The number of halogens is 2. The summed E-state index contributed by atoms with van der Waals surface area (Å²) in [5, 5.41) is 10.8. The first-order valence-electron chi connectivity index (χ1n) is 15.9. The SMILES string of the molecule is COC(=O)c1ccc(C)c(-n2c(SC)nc(OCc3ccc(F)cc3CNC(=O)Nc3cc(C(C)(C)C)nn3-c3ccc(C)cc3)c(Br)c2=O)c1. The van der Waals surface area contributed by atoms with Gasteiger partial charge in [0.05, 0.1) is 29.7 Å². The van der Waals surface area contributed by atoms with Crippen LogP contribution in [0.4, 0.5) is 15.0 Å². The van der Waals surface area contributed by atoms with E-state index in [1.54, 1.807) is 35.2 Å². The van der Waals surface area contributed by atoms with Crippen molar-refractivity contribution in [1.82, 2.24) is 24.6 Å². The number of methoxy groups -OCH3 is 1. The van der Waals surface area contributed by atoms with Gasteiger partial charge < -0.3 is 14.8 Å². The number of urea groups is 1. The molecule has 266 valence electrons. The number of nitrogens with zero attached hydrogens (tertiary/aromatic N) is 4. The molecule has 2 N–H and O–H groups in total. The first-order valence-corrected chi connectivity index (χ1v) is 17.9. The maximum atomic E-state index is 14.4. The van der Waals surface area contributed by atoms with E-state index < -0.39 is 23.4 Å². The Morgan fingerprint density at radius 3 is 2.39 bits per heavy atom. The van der Waals surface area contributed by atoms with Crippen molar-refractivity contribution in [2.45, 2.75) is 58.3 Å². The molecule has 14 heteroatoms. The molecule has 0 saturated heterocycles. The van der Waals surface area contributed by atoms with E-state index in [-0.39, 0.29) is 34.5 Å². The van der Waals surface area contributed by atoms with Gasteiger partial charge in [0.2, 0.25) is 5.88 Å². The molecule has 11 nitrogen and oxygen atoms in total. The second-order valence-electron chi connectivity index (χ2n) is 12.8. The number of nitrogens with one attached hydrogen (secondary N) is 2. The Balaban J connectivity index is 1.35. The minimum absolute atomic E-state index is 0.0187. The lowest BCUT2D eigenvalue weighted by molar-refractivity contribution is 0.0600. The number of amides is 2. The largest absolute Gasteiger partial charge is 0.472 e. The third-order valence-electron chi connectivity index (χ3n) is 7.99. The number of rotatable bonds is 10. The maximum Gasteiger partial charge on any atom is 0.337 e. The Morgan fingerprint density at radius 1 is 1.00 bits per heavy atom. The van der Waals surface area contributed by atoms with Crippen LogP contribution in [0.5, 0.6) is 5.88 Å². The van der Waals surface area contributed by atoms with Gasteiger partial charge in [-0.25, -0.2) is 18.7 Å². The predicted molar refractivity (Wildman–Crippen MR) is 199 cm³/mol. The molecular weight excluding hydrogens is 739 g/mol. The van der Waals surface area contributed by atoms with Crippen LogP contribution in [-0.2, 0) is 23.3 Å². The second kappa shape index (κ2) is 15.5. The van der Waals surface area contributed by atoms with Gasteiger partial charge in [0.15, 0.2) is 5.16 Å². The first-order chi connectivity index (χ1) is 24.2. The van der Waals surface area contributed by atoms with Gasteiger partial charge in [-0.3, -0.25) is 14.7 Å². The Labute approximate surface area is 307 Å². The average Bonchev–Trinajstić information content (AvgIpc) is 3.53. The molecule has 0 aliphatic rings. The van der Waals surface area contributed by atoms with Crippen LogP contribution in [0.25, 0.3) is 11.4 Å². The van der Waals surface area contributed by atoms with Crippen LogP contribution < -0.4 is 20.9 Å². The van der Waals surface area contributed by atoms with Crippen molar-refractivity contribution in [3.63, 3.8) is 0 Å². The quantitative estimate of drug-likeness (QED) is 0.0842. The van der Waals surface area contributed by atoms with E-state index >= 15 is 0 Å². The number of ether oxygens (including phenoxy) is 2. The Morgan fingerprint density at radius 2 is 1.73 bits per heavy atom. The number of benzene rings is 3. The van der Waals surface area contributed by atoms with Crippen LogP contribution in [-0.4, -0.2) is 44.7 Å². The molecule has 0 fully saturated rings. The van der Waals surface area contributed by atoms with Crippen LogP contribution >= 0.6 is 27.7 Å². The Bertz CT molecular complexity index is 2160. The van der Waals surface area contributed by atoms with E-state index in [0.29, 0.717) is 27.8 Å². The number of aryl methyl sites for hydroxylation is 2. The number of hydrogen-bond acceptors (Lipinski definition) is 8. The molecule has 0 aliphatic heterocycles. The van der Waals surface area contributed by atoms with Gasteiger partial charge >= 0.3 is 12.0 Å². The van der Waals surface area contributed by atoms with Crippen molar-refractivity contribution < 1.29 is 23.5 Å². The van der Waals surface area contributed by atoms with E-state index in [0.717, 1.165) is 22.5 Å². The number of esters is 1. The van der Waals surface area contributed by atoms with Crippen LogP contribution in [0.15, 0.2) is 81.2 Å². The van der Waals surface area contributed by atoms with E-state index in [2.05, 4.69) is 31.5 Å². The van der Waals surface area contributed by atoms with Crippen molar-refractivity contribution in [3.8, 4) is 17.3 Å². The molecule has 51 heavy (non-hydrogen) atoms. The fourth-order valence-corrected chi connectivity index (χ4v) is 6.02. The molecule has 0 aliphatic carbocycles. The number of carbonyl (C=O) groups is 2. The fraction of sp³-hybridized carbons (Fsp3) is 0.270. The van der Waals surface area contributed by atoms with Crippen molar-refractivity contribution in [2.24, 2.45) is 0 Å². The molecule has 2 amide bonds. The first kappa shape index (κ1) is 37.3. The molecule has 0 atom stereocenters. The lowest BCUT2D eigenvalue weighted by Crippen LogP contribution is -2.29. The van der Waals surface area contributed by atoms with Crippen LogP contribution in [0, 0.1) is 19.7 Å². The minimum atomic E-state index is -0.535. The second-order valence-corrected chi connectivity index (χ2v) is 14.3. The molecule has 0 unspecified atom stereocenters. The zero-order chi connectivity index (χ0) is 37.0. The van der Waals surface area contributed by atoms with Gasteiger partial charge in [-0.15, -0.1) is 0 Å². The summed E-state index contributed by atoms with van der Waals surface area (Å²) in [6.07, 6.45) is 1.77. The Kier molecular flexibility index (Phi) is 11.4. The van der Waals surface area contributed by atoms with E-state index in [4.69, 9.17) is 14.6 Å². The van der Waals surface area contributed by atoms with Gasteiger partial charge in [-0.2, -0.15) is 10.1 Å². The molecule has 0 radical (unpaired) electrons. The third-order valence-corrected chi connectivity index (χ3v) is 9.31. The molecule has 5 rings (SSSR count). The molecule has 0 spiro atoms. The normalized spacial score (nSPS) is 11.3. The number of anilines is 1. The zero-order valence-corrected chi connectivity index (χ0v) is 31.7. The fourth-order valence-electron chi connectivity index (χ4n) is 5.10. The molecule has 0 bridgehead atoms. The molecule has 2 heterocycles. The molecule has 2 aromatic heterocycles. The van der Waals surface area contributed by atoms with Crippen molar-refractivity contribution in [3.05, 3.63) is 121 Å². The minimum Gasteiger partial charge on any atom is -0.472 e. The van der Waals surface area contributed by atoms with Gasteiger partial charge in [0.25, 0.3) is 5.56 Å². The molecule has 5 aromatic rings. The van der Waals surface area contributed by atoms with Crippen molar-refractivity contribution in [1.29, 1.82) is 0 Å². The summed E-state index contributed by atoms with van der Waals surface area (Å²) in [6.45, 7) is 9.84. The maximum absolute atomic E-state index is 14.4. The van der Waals surface area contributed by atoms with Crippen LogP contribution in [0.3, 0.4) is 0 Å². The zero-order valence-electron chi connectivity index (χ0n) is 29.3. The van der Waals surface area contributed by atoms with Gasteiger partial charge in [-0.05, 0) is 89.1 Å². The third kappa shape index (κ3) is 8.51. The highest BCUT2D eigenvalue weighted by atomic mass is 79.9. The highest BCUT2D eigenvalue weighted by molar-refractivity contribution is 9.10. The molecule has 3 aromatic carbocycles. The Hall–Kier alpha value is -4.95. The monoisotopic (exact) mass is 776 g/mol. The summed E-state index contributed by atoms with van der Waals surface area (Å²) >= 11 is 4.57. The highest BCUT2D eigenvalue weighted by Gasteiger charge is 2.23. The summed E-state index contributed by atoms with van der Waals surface area (Å²) in [7, 11) is 1.29. The molecule has 0 saturated carbocycles. The average molecular weight is 778 g/mol. The van der Waals surface area contributed by atoms with Crippen molar-refractivity contribution >= 4 is 45.5 Å². The van der Waals surface area contributed by atoms with Crippen LogP contribution in [0.2, 0.25) is 0 Å². The number of hydrogen-bond donors (Lipinski definition) is 2. The summed E-state index contributed by atoms with van der Waals surface area (Å²) in [5.41, 5.74) is 4.50. The molecular formula is C37H38BrFN6O5S. The number of aromatic nitrogens is 4. The van der Waals surface area contributed by atoms with Gasteiger partial charge in [0, 0.05) is 18.0 Å². The van der Waals surface area contributed by atoms with E-state index in [9.17, 15) is 18.8 Å². The van der Waals surface area contributed by atoms with E-state index in [1.165, 1.54) is 35.6 Å². The highest BCUT2D eigenvalue weighted by Crippen LogP contribution is 2.29. The van der Waals surface area contributed by atoms with Gasteiger partial charge in [-0.1, -0.05) is 62.4 Å². The number of carbonyl (C=O) groups excluding carboxylic acids is 2. The number of thioether (sulfide) groups is 1. The summed E-state index contributed by atoms with van der Waals surface area (Å²) in [5.74, 6) is -0.513. The summed E-state index contributed by atoms with van der Waals surface area (Å²) < 4.78 is 28.4. The predicted octanol–water partition coefficient (Wildman–Crippen LogP) is 7.64. The standard InChI is InChI=1S/C37H38BrFN6O5S/c1-21-8-14-27(15-9-21)45-30(18-29(43-45)37(3,4)5)41-35(48)40-19-25-16-26(39)13-12-24(25)20-50-32-31(38)33(46)44(36(42-32)51-7)28-17-23(34(47)49-6)11-10-22(28)2/h8-18H,19-20H2,1-7H3,(H2,40,41,48). The van der Waals surface area contributed by atoms with Crippen LogP contribution in [0.1, 0.15) is 59.1 Å². The summed E-state index contributed by atoms with van der Waals surface area (Å²) in [6, 6.07) is 18.2. The van der Waals surface area contributed by atoms with Crippen molar-refractivity contribution in [2.75, 3.05) is 18.7 Å². The smallest absolute Gasteiger partial charge is 0.337 e. The van der Waals surface area contributed by atoms with E-state index in [1.807, 2.05) is 65.0 Å². The van der Waals surface area contributed by atoms with Gasteiger partial charge in [0.1, 0.15) is 22.7 Å². The lowest BCUT2D eigenvalue weighted by atomic mass is 9.92. The lowest BCUT2D eigenvalue weighted by Gasteiger charge is -2.17. The topological polar surface area (TPSA) is 129 Å².